The minimum absolute atomic E-state index is 0.0995. The number of hydrogen-bond donors (Lipinski definition) is 2. The molecule has 25 heavy (non-hydrogen) atoms. The van der Waals surface area contributed by atoms with Gasteiger partial charge in [-0.15, -0.1) is 0 Å². The molecular formula is C17H24N4O3S. The molecule has 136 valence electrons. The Morgan fingerprint density at radius 2 is 1.92 bits per heavy atom. The highest BCUT2D eigenvalue weighted by Gasteiger charge is 2.24. The molecule has 2 N–H and O–H groups in total. The van der Waals surface area contributed by atoms with Gasteiger partial charge in [-0.1, -0.05) is 36.2 Å². The summed E-state index contributed by atoms with van der Waals surface area (Å²) < 4.78 is 10.4. The van der Waals surface area contributed by atoms with Crippen LogP contribution in [-0.2, 0) is 0 Å². The van der Waals surface area contributed by atoms with E-state index in [4.69, 9.17) is 20.4 Å². The zero-order valence-corrected chi connectivity index (χ0v) is 15.4. The fourth-order valence-corrected chi connectivity index (χ4v) is 3.67. The molecule has 0 radical (unpaired) electrons. The number of ketones is 1. The molecule has 0 aliphatic heterocycles. The third kappa shape index (κ3) is 4.94. The highest BCUT2D eigenvalue weighted by atomic mass is 32.2. The quantitative estimate of drug-likeness (QED) is 0.249. The van der Waals surface area contributed by atoms with Crippen LogP contribution in [0.15, 0.2) is 23.4 Å². The second-order valence-electron chi connectivity index (χ2n) is 5.82. The number of carbonyl (C=O) groups is 1. The molecule has 1 aliphatic carbocycles. The number of thioether (sulfide) groups is 1. The molecule has 0 saturated heterocycles. The smallest absolute Gasteiger partial charge is 0.179 e. The molecule has 1 saturated carbocycles. The van der Waals surface area contributed by atoms with Gasteiger partial charge in [0.2, 0.25) is 0 Å². The first kappa shape index (κ1) is 19.2. The molecule has 7 nitrogen and oxygen atoms in total. The fourth-order valence-electron chi connectivity index (χ4n) is 2.91. The predicted molar refractivity (Wildman–Crippen MR) is 97.9 cm³/mol. The molecular weight excluding hydrogens is 340 g/mol. The molecule has 1 aromatic carbocycles. The maximum atomic E-state index is 12.4. The van der Waals surface area contributed by atoms with Gasteiger partial charge in [-0.2, -0.15) is 5.53 Å². The van der Waals surface area contributed by atoms with Gasteiger partial charge in [0.25, 0.3) is 0 Å². The van der Waals surface area contributed by atoms with Crippen LogP contribution < -0.4 is 9.47 Å². The average Bonchev–Trinajstić information content (AvgIpc) is 2.66. The normalized spacial score (nSPS) is 14.6. The molecule has 8 heteroatoms. The number of nitrogens with zero attached hydrogens (tertiary/aromatic N) is 2. The Labute approximate surface area is 152 Å². The van der Waals surface area contributed by atoms with Gasteiger partial charge in [0.15, 0.2) is 22.4 Å². The van der Waals surface area contributed by atoms with E-state index in [1.807, 2.05) is 0 Å². The number of benzene rings is 1. The highest BCUT2D eigenvalue weighted by molar-refractivity contribution is 8.14. The van der Waals surface area contributed by atoms with Crippen LogP contribution >= 0.6 is 11.8 Å². The van der Waals surface area contributed by atoms with E-state index in [2.05, 4.69) is 5.22 Å². The second-order valence-corrected chi connectivity index (χ2v) is 6.79. The predicted octanol–water partition coefficient (Wildman–Crippen LogP) is 4.14. The molecule has 0 amide bonds. The molecule has 0 atom stereocenters. The Morgan fingerprint density at radius 1 is 1.24 bits per heavy atom. The summed E-state index contributed by atoms with van der Waals surface area (Å²) in [5, 5.41) is 13.2. The van der Waals surface area contributed by atoms with Crippen LogP contribution in [0.4, 0.5) is 0 Å². The average molecular weight is 364 g/mol. The molecule has 0 spiro atoms. The summed E-state index contributed by atoms with van der Waals surface area (Å²) in [6, 6.07) is 5.11. The summed E-state index contributed by atoms with van der Waals surface area (Å²) in [6.45, 7) is 0. The van der Waals surface area contributed by atoms with Crippen LogP contribution in [0, 0.1) is 10.9 Å². The van der Waals surface area contributed by atoms with E-state index in [0.29, 0.717) is 17.1 Å². The van der Waals surface area contributed by atoms with E-state index in [1.54, 1.807) is 25.3 Å². The molecule has 1 aliphatic rings. The van der Waals surface area contributed by atoms with Crippen LogP contribution in [0.3, 0.4) is 0 Å². The lowest BCUT2D eigenvalue weighted by Gasteiger charge is -2.30. The summed E-state index contributed by atoms with van der Waals surface area (Å²) >= 11 is 1.10. The van der Waals surface area contributed by atoms with Crippen LogP contribution in [-0.4, -0.2) is 42.0 Å². The van der Waals surface area contributed by atoms with E-state index in [0.717, 1.165) is 37.4 Å². The Bertz CT molecular complexity index is 632. The van der Waals surface area contributed by atoms with E-state index in [1.165, 1.54) is 18.5 Å². The summed E-state index contributed by atoms with van der Waals surface area (Å²) in [5.74, 6) is 1.08. The number of nitrogens with one attached hydrogen (secondary N) is 2. The van der Waals surface area contributed by atoms with Crippen molar-refractivity contribution in [2.75, 3.05) is 20.0 Å². The van der Waals surface area contributed by atoms with Crippen molar-refractivity contribution in [3.05, 3.63) is 23.8 Å². The standard InChI is InChI=1S/C17H24N4O3S/c1-23-15-9-8-12(10-16(15)24-2)14(22)11-25-17(18)21(20-19)13-6-4-3-5-7-13/h8-10,13,18-19H,3-7,11H2,1-2H3. The number of methoxy groups -OCH3 is 2. The number of Topliss-reactive ketones (excluding diaryl/α,β-unsaturated/α-hetero) is 1. The zero-order valence-electron chi connectivity index (χ0n) is 14.6. The molecule has 0 heterocycles. The monoisotopic (exact) mass is 364 g/mol. The van der Waals surface area contributed by atoms with Crippen molar-refractivity contribution in [2.45, 2.75) is 38.1 Å². The largest absolute Gasteiger partial charge is 0.493 e. The van der Waals surface area contributed by atoms with Crippen molar-refractivity contribution in [3.8, 4) is 11.5 Å². The van der Waals surface area contributed by atoms with Gasteiger partial charge >= 0.3 is 0 Å². The first-order valence-corrected chi connectivity index (χ1v) is 9.22. The molecule has 2 rings (SSSR count). The number of amidine groups is 1. The Kier molecular flexibility index (Phi) is 7.24. The minimum Gasteiger partial charge on any atom is -0.493 e. The van der Waals surface area contributed by atoms with Crippen LogP contribution in [0.25, 0.3) is 0 Å². The van der Waals surface area contributed by atoms with Gasteiger partial charge in [-0.3, -0.25) is 10.2 Å². The summed E-state index contributed by atoms with van der Waals surface area (Å²) in [5.41, 5.74) is 7.86. The highest BCUT2D eigenvalue weighted by Crippen LogP contribution is 2.29. The van der Waals surface area contributed by atoms with Crippen molar-refractivity contribution >= 4 is 22.7 Å². The number of carbonyl (C=O) groups excluding carboxylic acids is 1. The van der Waals surface area contributed by atoms with Gasteiger partial charge < -0.3 is 9.47 Å². The topological polar surface area (TPSA) is 98.8 Å². The van der Waals surface area contributed by atoms with Crippen molar-refractivity contribution in [1.29, 1.82) is 10.9 Å². The van der Waals surface area contributed by atoms with Crippen molar-refractivity contribution in [1.82, 2.24) is 5.01 Å². The summed E-state index contributed by atoms with van der Waals surface area (Å²) in [4.78, 5) is 12.4. The number of hydrogen-bond acceptors (Lipinski definition) is 7. The Morgan fingerprint density at radius 3 is 2.52 bits per heavy atom. The summed E-state index contributed by atoms with van der Waals surface area (Å²) in [7, 11) is 3.06. The molecule has 0 aromatic heterocycles. The maximum absolute atomic E-state index is 12.4. The first-order chi connectivity index (χ1) is 12.1. The minimum atomic E-state index is -0.107. The van der Waals surface area contributed by atoms with Gasteiger partial charge in [0.1, 0.15) is 0 Å². The first-order valence-electron chi connectivity index (χ1n) is 8.24. The SMILES string of the molecule is COc1ccc(C(=O)CSC(=N)N(N=N)C2CCCCC2)cc1OC. The lowest BCUT2D eigenvalue weighted by molar-refractivity contribution is 0.102. The molecule has 1 fully saturated rings. The van der Waals surface area contributed by atoms with Crippen LogP contribution in [0.2, 0.25) is 0 Å². The lowest BCUT2D eigenvalue weighted by Crippen LogP contribution is -2.35. The summed E-state index contributed by atoms with van der Waals surface area (Å²) in [6.07, 6.45) is 5.27. The van der Waals surface area contributed by atoms with E-state index in [9.17, 15) is 4.79 Å². The maximum Gasteiger partial charge on any atom is 0.179 e. The number of rotatable bonds is 7. The van der Waals surface area contributed by atoms with E-state index >= 15 is 0 Å². The van der Waals surface area contributed by atoms with E-state index in [-0.39, 0.29) is 22.7 Å². The Balaban J connectivity index is 1.96. The third-order valence-electron chi connectivity index (χ3n) is 4.28. The Hall–Kier alpha value is -2.09. The number of ether oxygens (including phenoxy) is 2. The van der Waals surface area contributed by atoms with Gasteiger partial charge in [0, 0.05) is 5.56 Å². The molecule has 0 unspecified atom stereocenters. The molecule has 1 aromatic rings. The van der Waals surface area contributed by atoms with Gasteiger partial charge in [-0.05, 0) is 31.0 Å². The zero-order chi connectivity index (χ0) is 18.2. The van der Waals surface area contributed by atoms with Gasteiger partial charge in [-0.25, -0.2) is 5.01 Å². The lowest BCUT2D eigenvalue weighted by atomic mass is 9.95. The second kappa shape index (κ2) is 9.41. The van der Waals surface area contributed by atoms with Crippen molar-refractivity contribution in [2.24, 2.45) is 5.22 Å². The third-order valence-corrected chi connectivity index (χ3v) is 5.15. The van der Waals surface area contributed by atoms with Crippen molar-refractivity contribution < 1.29 is 14.3 Å². The van der Waals surface area contributed by atoms with Gasteiger partial charge in [0.05, 0.1) is 26.0 Å². The van der Waals surface area contributed by atoms with Crippen LogP contribution in [0.1, 0.15) is 42.5 Å². The molecule has 0 bridgehead atoms. The fraction of sp³-hybridized carbons (Fsp3) is 0.529. The van der Waals surface area contributed by atoms with E-state index < -0.39 is 0 Å². The van der Waals surface area contributed by atoms with Crippen LogP contribution in [0.5, 0.6) is 11.5 Å². The van der Waals surface area contributed by atoms with Crippen molar-refractivity contribution in [3.63, 3.8) is 0 Å².